The van der Waals surface area contributed by atoms with E-state index in [0.29, 0.717) is 12.1 Å². The van der Waals surface area contributed by atoms with E-state index in [2.05, 4.69) is 5.32 Å². The standard InChI is InChI=1S/C13H19ClN2O4/c1-13(2,3)11(17)7-15-6-8-4-9(14)5-10(12(8)18)16(19)20/h4-5,11,15,17-18H,6-7H2,1-3H3. The minimum atomic E-state index is -0.686. The molecule has 112 valence electrons. The average molecular weight is 303 g/mol. The molecule has 1 rings (SSSR count). The van der Waals surface area contributed by atoms with Crippen molar-refractivity contribution in [3.05, 3.63) is 32.8 Å². The van der Waals surface area contributed by atoms with Crippen molar-refractivity contribution in [3.8, 4) is 5.75 Å². The highest BCUT2D eigenvalue weighted by Gasteiger charge is 2.22. The van der Waals surface area contributed by atoms with Crippen molar-refractivity contribution in [1.82, 2.24) is 5.32 Å². The number of aromatic hydroxyl groups is 1. The number of nitrogens with one attached hydrogen (secondary N) is 1. The fraction of sp³-hybridized carbons (Fsp3) is 0.538. The van der Waals surface area contributed by atoms with Crippen LogP contribution in [-0.4, -0.2) is 27.8 Å². The van der Waals surface area contributed by atoms with Gasteiger partial charge in [0.15, 0.2) is 5.75 Å². The summed E-state index contributed by atoms with van der Waals surface area (Å²) in [4.78, 5) is 10.1. The first kappa shape index (κ1) is 16.7. The fourth-order valence-electron chi connectivity index (χ4n) is 1.56. The summed E-state index contributed by atoms with van der Waals surface area (Å²) in [7, 11) is 0. The van der Waals surface area contributed by atoms with Crippen molar-refractivity contribution in [2.75, 3.05) is 6.54 Å². The number of aliphatic hydroxyl groups is 1. The Labute approximate surface area is 122 Å². The molecule has 0 aromatic heterocycles. The smallest absolute Gasteiger partial charge is 0.312 e. The number of hydrogen-bond donors (Lipinski definition) is 3. The van der Waals surface area contributed by atoms with Crippen LogP contribution in [0.4, 0.5) is 5.69 Å². The van der Waals surface area contributed by atoms with Crippen LogP contribution in [0.25, 0.3) is 0 Å². The van der Waals surface area contributed by atoms with Gasteiger partial charge in [-0.05, 0) is 11.5 Å². The van der Waals surface area contributed by atoms with Crippen LogP contribution in [0.3, 0.4) is 0 Å². The third-order valence-corrected chi connectivity index (χ3v) is 3.20. The molecule has 0 saturated carbocycles. The number of nitro groups is 1. The molecule has 0 radical (unpaired) electrons. The zero-order valence-electron chi connectivity index (χ0n) is 11.7. The Bertz CT molecular complexity index is 500. The second-order valence-corrected chi connectivity index (χ2v) is 6.14. The molecule has 3 N–H and O–H groups in total. The summed E-state index contributed by atoms with van der Waals surface area (Å²) in [5.41, 5.74) is -0.369. The fourth-order valence-corrected chi connectivity index (χ4v) is 1.80. The van der Waals surface area contributed by atoms with Gasteiger partial charge in [0, 0.05) is 29.7 Å². The number of rotatable bonds is 5. The van der Waals surface area contributed by atoms with Crippen LogP contribution in [0.5, 0.6) is 5.75 Å². The van der Waals surface area contributed by atoms with E-state index >= 15 is 0 Å². The number of nitrogens with zero attached hydrogens (tertiary/aromatic N) is 1. The first-order valence-electron chi connectivity index (χ1n) is 6.17. The third kappa shape index (κ3) is 4.33. The molecule has 1 unspecified atom stereocenters. The monoisotopic (exact) mass is 302 g/mol. The average Bonchev–Trinajstić information content (AvgIpc) is 2.31. The zero-order chi connectivity index (χ0) is 15.5. The molecule has 0 saturated heterocycles. The van der Waals surface area contributed by atoms with Gasteiger partial charge in [-0.15, -0.1) is 0 Å². The molecule has 0 heterocycles. The minimum Gasteiger partial charge on any atom is -0.502 e. The van der Waals surface area contributed by atoms with Crippen molar-refractivity contribution in [2.45, 2.75) is 33.4 Å². The SMILES string of the molecule is CC(C)(C)C(O)CNCc1cc(Cl)cc([N+](=O)[O-])c1O. The second-order valence-electron chi connectivity index (χ2n) is 5.70. The number of hydrogen-bond acceptors (Lipinski definition) is 5. The van der Waals surface area contributed by atoms with Crippen molar-refractivity contribution in [2.24, 2.45) is 5.41 Å². The van der Waals surface area contributed by atoms with Gasteiger partial charge < -0.3 is 15.5 Å². The minimum absolute atomic E-state index is 0.181. The highest BCUT2D eigenvalue weighted by Crippen LogP contribution is 2.33. The van der Waals surface area contributed by atoms with Crippen LogP contribution in [0.1, 0.15) is 26.3 Å². The Balaban J connectivity index is 2.76. The number of phenols is 1. The number of nitro benzene ring substituents is 1. The van der Waals surface area contributed by atoms with E-state index in [1.807, 2.05) is 20.8 Å². The molecule has 0 aliphatic rings. The highest BCUT2D eigenvalue weighted by atomic mass is 35.5. The quantitative estimate of drug-likeness (QED) is 0.573. The largest absolute Gasteiger partial charge is 0.502 e. The summed E-state index contributed by atoms with van der Waals surface area (Å²) in [6.45, 7) is 6.20. The molecular formula is C13H19ClN2O4. The Morgan fingerprint density at radius 3 is 2.55 bits per heavy atom. The van der Waals surface area contributed by atoms with Gasteiger partial charge in [0.2, 0.25) is 0 Å². The van der Waals surface area contributed by atoms with Crippen LogP contribution < -0.4 is 5.32 Å². The van der Waals surface area contributed by atoms with Crippen LogP contribution in [0.2, 0.25) is 5.02 Å². The summed E-state index contributed by atoms with van der Waals surface area (Å²) in [5.74, 6) is -0.405. The van der Waals surface area contributed by atoms with Crippen molar-refractivity contribution in [3.63, 3.8) is 0 Å². The van der Waals surface area contributed by atoms with Gasteiger partial charge in [-0.1, -0.05) is 32.4 Å². The van der Waals surface area contributed by atoms with Gasteiger partial charge in [-0.25, -0.2) is 0 Å². The van der Waals surface area contributed by atoms with E-state index in [-0.39, 0.29) is 17.0 Å². The van der Waals surface area contributed by atoms with Crippen molar-refractivity contribution in [1.29, 1.82) is 0 Å². The molecule has 6 nitrogen and oxygen atoms in total. The van der Waals surface area contributed by atoms with Gasteiger partial charge in [-0.2, -0.15) is 0 Å². The molecule has 0 aliphatic heterocycles. The van der Waals surface area contributed by atoms with E-state index < -0.39 is 22.5 Å². The van der Waals surface area contributed by atoms with Gasteiger partial charge in [0.1, 0.15) is 0 Å². The van der Waals surface area contributed by atoms with Crippen LogP contribution in [-0.2, 0) is 6.54 Å². The molecule has 0 spiro atoms. The van der Waals surface area contributed by atoms with Crippen LogP contribution in [0, 0.1) is 15.5 Å². The summed E-state index contributed by atoms with van der Waals surface area (Å²) in [6.07, 6.45) is -0.571. The van der Waals surface area contributed by atoms with Gasteiger partial charge in [0.25, 0.3) is 0 Å². The highest BCUT2D eigenvalue weighted by molar-refractivity contribution is 6.31. The first-order valence-corrected chi connectivity index (χ1v) is 6.55. The Hall–Kier alpha value is -1.37. The van der Waals surface area contributed by atoms with E-state index in [4.69, 9.17) is 11.6 Å². The molecule has 0 fully saturated rings. The summed E-state index contributed by atoms with van der Waals surface area (Å²) in [6, 6.07) is 2.56. The number of halogens is 1. The first-order chi connectivity index (χ1) is 9.12. The lowest BCUT2D eigenvalue weighted by molar-refractivity contribution is -0.385. The maximum absolute atomic E-state index is 10.8. The Morgan fingerprint density at radius 2 is 2.05 bits per heavy atom. The Kier molecular flexibility index (Phi) is 5.33. The Morgan fingerprint density at radius 1 is 1.45 bits per heavy atom. The molecular weight excluding hydrogens is 284 g/mol. The maximum atomic E-state index is 10.8. The predicted octanol–water partition coefficient (Wildman–Crippen LogP) is 2.45. The molecule has 1 atom stereocenters. The molecule has 0 bridgehead atoms. The lowest BCUT2D eigenvalue weighted by atomic mass is 9.89. The predicted molar refractivity (Wildman–Crippen MR) is 76.9 cm³/mol. The second kappa shape index (κ2) is 6.39. The number of benzene rings is 1. The molecule has 20 heavy (non-hydrogen) atoms. The molecule has 7 heteroatoms. The summed E-state index contributed by atoms with van der Waals surface area (Å²) < 4.78 is 0. The lowest BCUT2D eigenvalue weighted by Crippen LogP contribution is -2.36. The van der Waals surface area contributed by atoms with Gasteiger partial charge in [-0.3, -0.25) is 10.1 Å². The maximum Gasteiger partial charge on any atom is 0.312 e. The summed E-state index contributed by atoms with van der Waals surface area (Å²) in [5, 5.41) is 33.6. The number of aliphatic hydroxyl groups excluding tert-OH is 1. The molecule has 1 aromatic carbocycles. The normalized spacial score (nSPS) is 13.2. The molecule has 0 amide bonds. The molecule has 1 aromatic rings. The van der Waals surface area contributed by atoms with E-state index in [0.717, 1.165) is 6.07 Å². The van der Waals surface area contributed by atoms with Crippen molar-refractivity contribution < 1.29 is 15.1 Å². The van der Waals surface area contributed by atoms with Gasteiger partial charge in [0.05, 0.1) is 11.0 Å². The number of phenolic OH excluding ortho intramolecular Hbond substituents is 1. The molecule has 0 aliphatic carbocycles. The van der Waals surface area contributed by atoms with Crippen LogP contribution in [0.15, 0.2) is 12.1 Å². The van der Waals surface area contributed by atoms with E-state index in [1.54, 1.807) is 0 Å². The van der Waals surface area contributed by atoms with Crippen LogP contribution >= 0.6 is 11.6 Å². The lowest BCUT2D eigenvalue weighted by Gasteiger charge is -2.26. The summed E-state index contributed by atoms with van der Waals surface area (Å²) >= 11 is 5.79. The van der Waals surface area contributed by atoms with E-state index in [1.165, 1.54) is 6.07 Å². The van der Waals surface area contributed by atoms with Gasteiger partial charge >= 0.3 is 5.69 Å². The van der Waals surface area contributed by atoms with Crippen molar-refractivity contribution >= 4 is 17.3 Å². The zero-order valence-corrected chi connectivity index (χ0v) is 12.4. The topological polar surface area (TPSA) is 95.6 Å². The van der Waals surface area contributed by atoms with E-state index in [9.17, 15) is 20.3 Å². The third-order valence-electron chi connectivity index (χ3n) is 2.98.